The minimum absolute atomic E-state index is 0.293. The van der Waals surface area contributed by atoms with E-state index in [1.54, 1.807) is 0 Å². The van der Waals surface area contributed by atoms with Gasteiger partial charge in [0, 0.05) is 15.5 Å². The first-order chi connectivity index (χ1) is 9.62. The third-order valence-electron chi connectivity index (χ3n) is 4.69. The highest BCUT2D eigenvalue weighted by Gasteiger charge is 2.53. The summed E-state index contributed by atoms with van der Waals surface area (Å²) >= 11 is 3.93. The highest BCUT2D eigenvalue weighted by molar-refractivity contribution is 9.12. The van der Waals surface area contributed by atoms with E-state index in [9.17, 15) is 0 Å². The third kappa shape index (κ3) is 1.59. The maximum atomic E-state index is 3.93. The summed E-state index contributed by atoms with van der Waals surface area (Å²) in [4.78, 5) is 0. The summed E-state index contributed by atoms with van der Waals surface area (Å²) in [5.74, 6) is 0. The largest absolute Gasteiger partial charge is 0.0587 e. The van der Waals surface area contributed by atoms with Crippen molar-refractivity contribution in [2.45, 2.75) is 32.1 Å². The fourth-order valence-electron chi connectivity index (χ4n) is 3.36. The van der Waals surface area contributed by atoms with Crippen LogP contribution in [0, 0.1) is 13.8 Å². The lowest BCUT2D eigenvalue weighted by Crippen LogP contribution is -2.02. The van der Waals surface area contributed by atoms with E-state index in [1.807, 2.05) is 0 Å². The average Bonchev–Trinajstić information content (AvgIpc) is 3.20. The van der Waals surface area contributed by atoms with Crippen LogP contribution < -0.4 is 0 Å². The van der Waals surface area contributed by atoms with Crippen molar-refractivity contribution in [3.8, 4) is 0 Å². The molecule has 0 atom stereocenters. The zero-order chi connectivity index (χ0) is 13.9. The summed E-state index contributed by atoms with van der Waals surface area (Å²) in [5.41, 5.74) is 8.65. The third-order valence-corrected chi connectivity index (χ3v) is 5.85. The van der Waals surface area contributed by atoms with Crippen LogP contribution in [0.2, 0.25) is 0 Å². The summed E-state index contributed by atoms with van der Waals surface area (Å²) in [6.45, 7) is 4.33. The molecule has 0 aliphatic heterocycles. The van der Waals surface area contributed by atoms with Crippen LogP contribution in [0.4, 0.5) is 0 Å². The van der Waals surface area contributed by atoms with Gasteiger partial charge in [-0.2, -0.15) is 0 Å². The fourth-order valence-corrected chi connectivity index (χ4v) is 4.42. The maximum Gasteiger partial charge on any atom is 0.0282 e. The van der Waals surface area contributed by atoms with Crippen molar-refractivity contribution >= 4 is 21.5 Å². The van der Waals surface area contributed by atoms with E-state index in [4.69, 9.17) is 0 Å². The molecular weight excluding hydrogens is 308 g/mol. The van der Waals surface area contributed by atoms with Crippen molar-refractivity contribution in [2.75, 3.05) is 0 Å². The van der Waals surface area contributed by atoms with Crippen LogP contribution in [0.3, 0.4) is 0 Å². The molecule has 0 bridgehead atoms. The van der Waals surface area contributed by atoms with Gasteiger partial charge in [0.25, 0.3) is 0 Å². The van der Waals surface area contributed by atoms with E-state index in [0.29, 0.717) is 5.41 Å². The molecule has 20 heavy (non-hydrogen) atoms. The Kier molecular flexibility index (Phi) is 2.53. The molecule has 100 valence electrons. The Hall–Kier alpha value is -1.34. The number of benzene rings is 2. The number of fused-ring (bicyclic) bond motifs is 2. The van der Waals surface area contributed by atoms with Crippen molar-refractivity contribution in [2.24, 2.45) is 0 Å². The first-order valence-corrected chi connectivity index (χ1v) is 8.00. The molecule has 0 amide bonds. The van der Waals surface area contributed by atoms with E-state index in [0.717, 1.165) is 0 Å². The fraction of sp³-hybridized carbons (Fsp3) is 0.263. The van der Waals surface area contributed by atoms with Crippen molar-refractivity contribution in [3.63, 3.8) is 0 Å². The molecule has 0 radical (unpaired) electrons. The highest BCUT2D eigenvalue weighted by atomic mass is 79.9. The predicted molar refractivity (Wildman–Crippen MR) is 88.2 cm³/mol. The number of aryl methyl sites for hydroxylation is 2. The number of halogens is 1. The first kappa shape index (κ1) is 12.4. The lowest BCUT2D eigenvalue weighted by Gasteiger charge is -2.10. The van der Waals surface area contributed by atoms with Crippen LogP contribution in [0.1, 0.15) is 40.7 Å². The van der Waals surface area contributed by atoms with Gasteiger partial charge in [0.1, 0.15) is 0 Å². The Morgan fingerprint density at radius 1 is 0.900 bits per heavy atom. The van der Waals surface area contributed by atoms with Gasteiger partial charge in [-0.25, -0.2) is 0 Å². The molecule has 0 heterocycles. The second-order valence-electron chi connectivity index (χ2n) is 6.19. The Bertz CT molecular complexity index is 731. The van der Waals surface area contributed by atoms with Gasteiger partial charge < -0.3 is 0 Å². The second-order valence-corrected chi connectivity index (χ2v) is 6.98. The maximum absolute atomic E-state index is 3.93. The van der Waals surface area contributed by atoms with Crippen molar-refractivity contribution in [1.29, 1.82) is 0 Å². The number of hydrogen-bond donors (Lipinski definition) is 0. The summed E-state index contributed by atoms with van der Waals surface area (Å²) in [6.07, 6.45) is 2.55. The van der Waals surface area contributed by atoms with E-state index >= 15 is 0 Å². The van der Waals surface area contributed by atoms with Crippen LogP contribution in [0.5, 0.6) is 0 Å². The second kappa shape index (κ2) is 4.08. The van der Waals surface area contributed by atoms with Crippen molar-refractivity contribution in [1.82, 2.24) is 0 Å². The van der Waals surface area contributed by atoms with Crippen LogP contribution in [-0.4, -0.2) is 0 Å². The summed E-state index contributed by atoms with van der Waals surface area (Å²) in [7, 11) is 0. The minimum atomic E-state index is 0.293. The molecule has 1 saturated carbocycles. The van der Waals surface area contributed by atoms with E-state index in [1.165, 1.54) is 50.7 Å². The Labute approximate surface area is 128 Å². The molecule has 0 unspecified atom stereocenters. The minimum Gasteiger partial charge on any atom is -0.0587 e. The summed E-state index contributed by atoms with van der Waals surface area (Å²) in [6, 6.07) is 15.8. The zero-order valence-electron chi connectivity index (χ0n) is 11.8. The zero-order valence-corrected chi connectivity index (χ0v) is 13.4. The van der Waals surface area contributed by atoms with Gasteiger partial charge >= 0.3 is 0 Å². The van der Waals surface area contributed by atoms with Gasteiger partial charge in [-0.15, -0.1) is 0 Å². The van der Waals surface area contributed by atoms with Gasteiger partial charge in [-0.3, -0.25) is 0 Å². The molecule has 0 saturated heterocycles. The number of hydrogen-bond acceptors (Lipinski definition) is 0. The van der Waals surface area contributed by atoms with Gasteiger partial charge in [0.2, 0.25) is 0 Å². The quantitative estimate of drug-likeness (QED) is 0.649. The Morgan fingerprint density at radius 2 is 1.55 bits per heavy atom. The van der Waals surface area contributed by atoms with Crippen molar-refractivity contribution in [3.05, 3.63) is 74.8 Å². The van der Waals surface area contributed by atoms with Crippen LogP contribution in [0.15, 0.2) is 46.9 Å². The number of allylic oxidation sites excluding steroid dienone is 1. The molecule has 2 aliphatic carbocycles. The summed E-state index contributed by atoms with van der Waals surface area (Å²) in [5, 5.41) is 0. The molecule has 0 aromatic heterocycles. The van der Waals surface area contributed by atoms with Crippen molar-refractivity contribution < 1.29 is 0 Å². The topological polar surface area (TPSA) is 0 Å². The number of rotatable bonds is 1. The smallest absolute Gasteiger partial charge is 0.0282 e. The van der Waals surface area contributed by atoms with Crippen LogP contribution in [0.25, 0.3) is 5.57 Å². The predicted octanol–water partition coefficient (Wildman–Crippen LogP) is 5.50. The van der Waals surface area contributed by atoms with Gasteiger partial charge in [-0.05, 0) is 43.4 Å². The van der Waals surface area contributed by atoms with Gasteiger partial charge in [0.05, 0.1) is 0 Å². The van der Waals surface area contributed by atoms with E-state index in [2.05, 4.69) is 72.2 Å². The lowest BCUT2D eigenvalue weighted by atomic mass is 9.94. The normalized spacial score (nSPS) is 18.6. The standard InChI is InChI=1S/C19H17Br/c1-12-3-6-14(7-4-12)17-15-8-5-13(2)11-16(15)19(9-10-19)18(17)20/h3-8,11H,9-10H2,1-2H3. The molecule has 1 fully saturated rings. The van der Waals surface area contributed by atoms with E-state index < -0.39 is 0 Å². The molecule has 2 aromatic rings. The highest BCUT2D eigenvalue weighted by Crippen LogP contribution is 2.64. The molecule has 0 N–H and O–H groups in total. The van der Waals surface area contributed by atoms with Gasteiger partial charge in [0.15, 0.2) is 0 Å². The Balaban J connectivity index is 1.96. The first-order valence-electron chi connectivity index (χ1n) is 7.21. The van der Waals surface area contributed by atoms with Crippen LogP contribution in [-0.2, 0) is 5.41 Å². The van der Waals surface area contributed by atoms with Gasteiger partial charge in [-0.1, -0.05) is 69.5 Å². The molecule has 2 aromatic carbocycles. The Morgan fingerprint density at radius 3 is 2.20 bits per heavy atom. The molecule has 2 aliphatic rings. The molecule has 1 spiro atoms. The molecule has 4 rings (SSSR count). The lowest BCUT2D eigenvalue weighted by molar-refractivity contribution is 0.899. The molecule has 0 nitrogen and oxygen atoms in total. The SMILES string of the molecule is Cc1ccc(C2=C(Br)C3(CC3)c3cc(C)ccc32)cc1. The van der Waals surface area contributed by atoms with E-state index in [-0.39, 0.29) is 0 Å². The molecular formula is C19H17Br. The monoisotopic (exact) mass is 324 g/mol. The van der Waals surface area contributed by atoms with Crippen LogP contribution >= 0.6 is 15.9 Å². The molecule has 1 heteroatoms. The summed E-state index contributed by atoms with van der Waals surface area (Å²) < 4.78 is 1.40. The average molecular weight is 325 g/mol.